The third-order valence-corrected chi connectivity index (χ3v) is 3.88. The highest BCUT2D eigenvalue weighted by atomic mass is 16.5. The normalized spacial score (nSPS) is 16.8. The molecule has 0 spiro atoms. The summed E-state index contributed by atoms with van der Waals surface area (Å²) in [6.45, 7) is 4.64. The molecular weight excluding hydrogens is 264 g/mol. The molecule has 1 saturated heterocycles. The van der Waals surface area contributed by atoms with Crippen molar-refractivity contribution in [3.8, 4) is 11.3 Å². The fourth-order valence-corrected chi connectivity index (χ4v) is 2.68. The van der Waals surface area contributed by atoms with E-state index in [9.17, 15) is 0 Å². The lowest BCUT2D eigenvalue weighted by atomic mass is 9.89. The first-order chi connectivity index (χ1) is 10.2. The standard InChI is InChI=1S/C16H16N4O/c1-16(10-21-11-16)9-20-8-15(18-19-20)13-4-5-14-12(7-13)3-2-6-17-14/h2-8H,9-11H2,1H3. The van der Waals surface area contributed by atoms with Gasteiger partial charge in [-0.1, -0.05) is 24.3 Å². The molecule has 1 aliphatic rings. The van der Waals surface area contributed by atoms with Gasteiger partial charge in [0.1, 0.15) is 5.69 Å². The molecule has 0 amide bonds. The van der Waals surface area contributed by atoms with Crippen LogP contribution in [0, 0.1) is 5.41 Å². The van der Waals surface area contributed by atoms with Crippen LogP contribution in [0.25, 0.3) is 22.2 Å². The number of hydrogen-bond donors (Lipinski definition) is 0. The van der Waals surface area contributed by atoms with E-state index in [-0.39, 0.29) is 5.41 Å². The predicted octanol–water partition coefficient (Wildman–Crippen LogP) is 2.53. The number of fused-ring (bicyclic) bond motifs is 1. The van der Waals surface area contributed by atoms with Crippen molar-refractivity contribution in [2.24, 2.45) is 5.41 Å². The fraction of sp³-hybridized carbons (Fsp3) is 0.312. The van der Waals surface area contributed by atoms with E-state index in [1.165, 1.54) is 0 Å². The summed E-state index contributed by atoms with van der Waals surface area (Å²) in [5.41, 5.74) is 3.15. The van der Waals surface area contributed by atoms with Gasteiger partial charge in [0.25, 0.3) is 0 Å². The Morgan fingerprint density at radius 1 is 1.29 bits per heavy atom. The molecule has 5 heteroatoms. The third kappa shape index (κ3) is 2.29. The first kappa shape index (κ1) is 12.5. The molecule has 5 nitrogen and oxygen atoms in total. The molecular formula is C16H16N4O. The van der Waals surface area contributed by atoms with Gasteiger partial charge in [0.05, 0.1) is 31.5 Å². The molecule has 106 valence electrons. The van der Waals surface area contributed by atoms with Crippen LogP contribution in [-0.2, 0) is 11.3 Å². The van der Waals surface area contributed by atoms with E-state index in [2.05, 4.69) is 34.4 Å². The van der Waals surface area contributed by atoms with Gasteiger partial charge in [-0.15, -0.1) is 5.10 Å². The van der Waals surface area contributed by atoms with Gasteiger partial charge in [-0.25, -0.2) is 0 Å². The van der Waals surface area contributed by atoms with Crippen molar-refractivity contribution in [3.63, 3.8) is 0 Å². The molecule has 1 fully saturated rings. The van der Waals surface area contributed by atoms with Crippen molar-refractivity contribution in [1.29, 1.82) is 0 Å². The largest absolute Gasteiger partial charge is 0.380 e. The lowest BCUT2D eigenvalue weighted by molar-refractivity contribution is -0.111. The molecule has 0 N–H and O–H groups in total. The molecule has 1 aromatic carbocycles. The van der Waals surface area contributed by atoms with Crippen molar-refractivity contribution in [2.45, 2.75) is 13.5 Å². The molecule has 0 bridgehead atoms. The first-order valence-electron chi connectivity index (χ1n) is 7.05. The Kier molecular flexibility index (Phi) is 2.75. The van der Waals surface area contributed by atoms with Crippen molar-refractivity contribution in [3.05, 3.63) is 42.7 Å². The molecule has 3 heterocycles. The van der Waals surface area contributed by atoms with Crippen LogP contribution in [0.1, 0.15) is 6.92 Å². The van der Waals surface area contributed by atoms with Gasteiger partial charge in [-0.05, 0) is 18.2 Å². The zero-order chi connectivity index (χ0) is 14.3. The SMILES string of the molecule is CC1(Cn2cc(-c3ccc4ncccc4c3)nn2)COC1. The van der Waals surface area contributed by atoms with Crippen LogP contribution in [0.15, 0.2) is 42.7 Å². The van der Waals surface area contributed by atoms with Gasteiger partial charge in [-0.2, -0.15) is 0 Å². The third-order valence-electron chi connectivity index (χ3n) is 3.88. The maximum atomic E-state index is 5.28. The highest BCUT2D eigenvalue weighted by Gasteiger charge is 2.34. The number of rotatable bonds is 3. The van der Waals surface area contributed by atoms with Gasteiger partial charge >= 0.3 is 0 Å². The zero-order valence-electron chi connectivity index (χ0n) is 11.9. The Morgan fingerprint density at radius 3 is 3.00 bits per heavy atom. The summed E-state index contributed by atoms with van der Waals surface area (Å²) in [6, 6.07) is 10.2. The van der Waals surface area contributed by atoms with Crippen molar-refractivity contribution >= 4 is 10.9 Å². The van der Waals surface area contributed by atoms with Crippen LogP contribution in [0.2, 0.25) is 0 Å². The Balaban J connectivity index is 1.64. The summed E-state index contributed by atoms with van der Waals surface area (Å²) in [5, 5.41) is 9.64. The summed E-state index contributed by atoms with van der Waals surface area (Å²) >= 11 is 0. The van der Waals surface area contributed by atoms with E-state index in [0.717, 1.165) is 41.9 Å². The van der Waals surface area contributed by atoms with E-state index < -0.39 is 0 Å². The number of benzene rings is 1. The van der Waals surface area contributed by atoms with Gasteiger partial charge in [0, 0.05) is 22.6 Å². The molecule has 0 radical (unpaired) electrons. The zero-order valence-corrected chi connectivity index (χ0v) is 11.9. The first-order valence-corrected chi connectivity index (χ1v) is 7.05. The molecule has 3 aromatic rings. The van der Waals surface area contributed by atoms with Gasteiger partial charge in [0.15, 0.2) is 0 Å². The number of nitrogens with zero attached hydrogens (tertiary/aromatic N) is 4. The predicted molar refractivity (Wildman–Crippen MR) is 79.7 cm³/mol. The summed E-state index contributed by atoms with van der Waals surface area (Å²) in [6.07, 6.45) is 3.81. The second kappa shape index (κ2) is 4.63. The van der Waals surface area contributed by atoms with Crippen molar-refractivity contribution in [1.82, 2.24) is 20.0 Å². The Bertz CT molecular complexity index is 792. The summed E-state index contributed by atoms with van der Waals surface area (Å²) in [5.74, 6) is 0. The topological polar surface area (TPSA) is 52.8 Å². The number of pyridine rings is 1. The second-order valence-electron chi connectivity index (χ2n) is 6.02. The van der Waals surface area contributed by atoms with Gasteiger partial charge in [0.2, 0.25) is 0 Å². The van der Waals surface area contributed by atoms with E-state index in [1.54, 1.807) is 6.20 Å². The lowest BCUT2D eigenvalue weighted by Gasteiger charge is -2.37. The number of ether oxygens (including phenoxy) is 1. The highest BCUT2D eigenvalue weighted by Crippen LogP contribution is 2.29. The van der Waals surface area contributed by atoms with Crippen LogP contribution >= 0.6 is 0 Å². The quantitative estimate of drug-likeness (QED) is 0.740. The molecule has 2 aromatic heterocycles. The number of aromatic nitrogens is 4. The minimum Gasteiger partial charge on any atom is -0.380 e. The van der Waals surface area contributed by atoms with Crippen LogP contribution in [-0.4, -0.2) is 33.2 Å². The molecule has 1 aliphatic heterocycles. The average Bonchev–Trinajstić information content (AvgIpc) is 2.93. The van der Waals surface area contributed by atoms with Crippen LogP contribution in [0.4, 0.5) is 0 Å². The Labute approximate surface area is 122 Å². The summed E-state index contributed by atoms with van der Waals surface area (Å²) < 4.78 is 7.19. The van der Waals surface area contributed by atoms with Crippen LogP contribution in [0.3, 0.4) is 0 Å². The average molecular weight is 280 g/mol. The van der Waals surface area contributed by atoms with Crippen LogP contribution < -0.4 is 0 Å². The molecule has 0 aliphatic carbocycles. The smallest absolute Gasteiger partial charge is 0.113 e. The summed E-state index contributed by atoms with van der Waals surface area (Å²) in [4.78, 5) is 4.33. The molecule has 0 saturated carbocycles. The second-order valence-corrected chi connectivity index (χ2v) is 6.02. The molecule has 0 unspecified atom stereocenters. The van der Waals surface area contributed by atoms with Crippen molar-refractivity contribution in [2.75, 3.05) is 13.2 Å². The molecule has 0 atom stereocenters. The van der Waals surface area contributed by atoms with E-state index in [1.807, 2.05) is 29.1 Å². The lowest BCUT2D eigenvalue weighted by Crippen LogP contribution is -2.43. The maximum absolute atomic E-state index is 5.28. The Hall–Kier alpha value is -2.27. The fourth-order valence-electron chi connectivity index (χ4n) is 2.68. The minimum atomic E-state index is 0.193. The summed E-state index contributed by atoms with van der Waals surface area (Å²) in [7, 11) is 0. The molecule has 4 rings (SSSR count). The van der Waals surface area contributed by atoms with E-state index in [0.29, 0.717) is 0 Å². The van der Waals surface area contributed by atoms with Crippen LogP contribution in [0.5, 0.6) is 0 Å². The van der Waals surface area contributed by atoms with E-state index in [4.69, 9.17) is 4.74 Å². The minimum absolute atomic E-state index is 0.193. The monoisotopic (exact) mass is 280 g/mol. The van der Waals surface area contributed by atoms with Crippen molar-refractivity contribution < 1.29 is 4.74 Å². The van der Waals surface area contributed by atoms with Gasteiger partial charge < -0.3 is 4.74 Å². The van der Waals surface area contributed by atoms with Gasteiger partial charge in [-0.3, -0.25) is 9.67 Å². The highest BCUT2D eigenvalue weighted by molar-refractivity contribution is 5.83. The maximum Gasteiger partial charge on any atom is 0.113 e. The van der Waals surface area contributed by atoms with E-state index >= 15 is 0 Å². The molecule has 21 heavy (non-hydrogen) atoms. The number of hydrogen-bond acceptors (Lipinski definition) is 4. The Morgan fingerprint density at radius 2 is 2.19 bits per heavy atom.